The molecule has 0 spiro atoms. The second kappa shape index (κ2) is 6.48. The van der Waals surface area contributed by atoms with Gasteiger partial charge in [0.25, 0.3) is 0 Å². The van der Waals surface area contributed by atoms with Gasteiger partial charge in [0.2, 0.25) is 5.91 Å². The van der Waals surface area contributed by atoms with Crippen LogP contribution in [0.5, 0.6) is 0 Å². The Morgan fingerprint density at radius 2 is 1.55 bits per heavy atom. The van der Waals surface area contributed by atoms with E-state index < -0.39 is 0 Å². The second-order valence-corrected chi connectivity index (χ2v) is 8.26. The molecule has 3 aliphatic rings. The molecular formula is C18H33N3O. The van der Waals surface area contributed by atoms with Crippen LogP contribution in [0.1, 0.15) is 40.5 Å². The molecule has 0 unspecified atom stereocenters. The number of carbonyl (C=O) groups excluding carboxylic acids is 1. The van der Waals surface area contributed by atoms with Crippen molar-refractivity contribution in [2.75, 3.05) is 39.3 Å². The van der Waals surface area contributed by atoms with Crippen molar-refractivity contribution in [2.45, 2.75) is 52.6 Å². The number of amides is 1. The summed E-state index contributed by atoms with van der Waals surface area (Å²) in [4.78, 5) is 19.8. The Bertz CT molecular complexity index is 389. The lowest BCUT2D eigenvalue weighted by Gasteiger charge is -2.50. The van der Waals surface area contributed by atoms with Crippen LogP contribution in [0.25, 0.3) is 0 Å². The van der Waals surface area contributed by atoms with Crippen LogP contribution < -0.4 is 0 Å². The molecule has 3 saturated heterocycles. The molecule has 3 heterocycles. The first kappa shape index (κ1) is 16.3. The maximum absolute atomic E-state index is 12.5. The van der Waals surface area contributed by atoms with E-state index in [-0.39, 0.29) is 0 Å². The van der Waals surface area contributed by atoms with E-state index in [1.807, 2.05) is 0 Å². The molecule has 0 aromatic carbocycles. The molecule has 126 valence electrons. The average Bonchev–Trinajstić information content (AvgIpc) is 2.34. The van der Waals surface area contributed by atoms with Crippen molar-refractivity contribution < 1.29 is 4.79 Å². The van der Waals surface area contributed by atoms with Crippen molar-refractivity contribution in [3.8, 4) is 0 Å². The molecule has 0 aromatic heterocycles. The predicted molar refractivity (Wildman–Crippen MR) is 89.7 cm³/mol. The van der Waals surface area contributed by atoms with Crippen LogP contribution in [-0.2, 0) is 4.79 Å². The monoisotopic (exact) mass is 307 g/mol. The molecule has 0 aliphatic carbocycles. The van der Waals surface area contributed by atoms with Crippen molar-refractivity contribution in [1.82, 2.24) is 14.7 Å². The van der Waals surface area contributed by atoms with E-state index in [9.17, 15) is 4.79 Å². The Kier molecular flexibility index (Phi) is 4.79. The molecule has 0 saturated carbocycles. The summed E-state index contributed by atoms with van der Waals surface area (Å²) in [5.41, 5.74) is 0. The van der Waals surface area contributed by atoms with E-state index >= 15 is 0 Å². The van der Waals surface area contributed by atoms with Gasteiger partial charge in [0.1, 0.15) is 0 Å². The highest BCUT2D eigenvalue weighted by molar-refractivity contribution is 5.79. The Balaban J connectivity index is 1.38. The van der Waals surface area contributed by atoms with Gasteiger partial charge < -0.3 is 4.90 Å². The second-order valence-electron chi connectivity index (χ2n) is 8.26. The molecule has 3 rings (SSSR count). The lowest BCUT2D eigenvalue weighted by molar-refractivity contribution is -0.145. The van der Waals surface area contributed by atoms with E-state index in [1.54, 1.807) is 0 Å². The van der Waals surface area contributed by atoms with Crippen molar-refractivity contribution in [3.05, 3.63) is 0 Å². The average molecular weight is 307 g/mol. The van der Waals surface area contributed by atoms with Crippen LogP contribution in [0, 0.1) is 17.8 Å². The summed E-state index contributed by atoms with van der Waals surface area (Å²) in [6.45, 7) is 15.8. The Hall–Kier alpha value is -0.610. The number of piperidine rings is 1. The minimum Gasteiger partial charge on any atom is -0.342 e. The van der Waals surface area contributed by atoms with Gasteiger partial charge in [0, 0.05) is 44.2 Å². The van der Waals surface area contributed by atoms with Gasteiger partial charge in [0.05, 0.1) is 0 Å². The van der Waals surface area contributed by atoms with Crippen LogP contribution in [0.15, 0.2) is 0 Å². The summed E-state index contributed by atoms with van der Waals surface area (Å²) in [6, 6.07) is 1.42. The highest BCUT2D eigenvalue weighted by Crippen LogP contribution is 2.29. The van der Waals surface area contributed by atoms with Crippen LogP contribution >= 0.6 is 0 Å². The van der Waals surface area contributed by atoms with E-state index in [4.69, 9.17) is 0 Å². The molecule has 1 amide bonds. The lowest BCUT2D eigenvalue weighted by Crippen LogP contribution is -2.63. The van der Waals surface area contributed by atoms with E-state index in [2.05, 4.69) is 42.4 Å². The molecule has 22 heavy (non-hydrogen) atoms. The maximum atomic E-state index is 12.5. The van der Waals surface area contributed by atoms with Gasteiger partial charge in [-0.05, 0) is 51.6 Å². The summed E-state index contributed by atoms with van der Waals surface area (Å²) in [6.07, 6.45) is 2.14. The smallest absolute Gasteiger partial charge is 0.225 e. The Morgan fingerprint density at radius 1 is 0.955 bits per heavy atom. The fourth-order valence-electron chi connectivity index (χ4n) is 4.02. The summed E-state index contributed by atoms with van der Waals surface area (Å²) in [5, 5.41) is 0. The topological polar surface area (TPSA) is 26.8 Å². The molecular weight excluding hydrogens is 274 g/mol. The summed E-state index contributed by atoms with van der Waals surface area (Å²) in [5.74, 6) is 2.19. The van der Waals surface area contributed by atoms with Crippen LogP contribution in [0.4, 0.5) is 0 Å². The highest BCUT2D eigenvalue weighted by atomic mass is 16.2. The molecule has 0 aromatic rings. The van der Waals surface area contributed by atoms with E-state index in [0.29, 0.717) is 23.8 Å². The molecule has 0 radical (unpaired) electrons. The van der Waals surface area contributed by atoms with Crippen molar-refractivity contribution in [1.29, 1.82) is 0 Å². The summed E-state index contributed by atoms with van der Waals surface area (Å²) >= 11 is 0. The fraction of sp³-hybridized carbons (Fsp3) is 0.944. The molecule has 4 heteroatoms. The first-order chi connectivity index (χ1) is 10.5. The molecule has 3 fully saturated rings. The first-order valence-corrected chi connectivity index (χ1v) is 9.22. The van der Waals surface area contributed by atoms with Crippen LogP contribution in [0.2, 0.25) is 0 Å². The number of likely N-dealkylation sites (tertiary alicyclic amines) is 3. The van der Waals surface area contributed by atoms with E-state index in [0.717, 1.165) is 51.0 Å². The number of rotatable bonds is 4. The van der Waals surface area contributed by atoms with Gasteiger partial charge in [-0.3, -0.25) is 14.6 Å². The van der Waals surface area contributed by atoms with Crippen molar-refractivity contribution in [2.24, 2.45) is 17.8 Å². The first-order valence-electron chi connectivity index (χ1n) is 9.22. The molecule has 0 N–H and O–H groups in total. The van der Waals surface area contributed by atoms with Crippen LogP contribution in [0.3, 0.4) is 0 Å². The summed E-state index contributed by atoms with van der Waals surface area (Å²) < 4.78 is 0. The maximum Gasteiger partial charge on any atom is 0.225 e. The largest absolute Gasteiger partial charge is 0.342 e. The number of nitrogens with zero attached hydrogens (tertiary/aromatic N) is 3. The molecule has 0 atom stereocenters. The fourth-order valence-corrected chi connectivity index (χ4v) is 4.02. The predicted octanol–water partition coefficient (Wildman–Crippen LogP) is 1.91. The Labute approximate surface area is 135 Å². The summed E-state index contributed by atoms with van der Waals surface area (Å²) in [7, 11) is 0. The van der Waals surface area contributed by atoms with Crippen molar-refractivity contribution in [3.63, 3.8) is 0 Å². The SMILES string of the molecule is CC(C)C1CN(C(=O)C2CCN(C3CN(C(C)C)C3)CC2)C1. The zero-order valence-corrected chi connectivity index (χ0v) is 14.8. The zero-order valence-electron chi connectivity index (χ0n) is 14.8. The zero-order chi connectivity index (χ0) is 15.9. The van der Waals surface area contributed by atoms with E-state index in [1.165, 1.54) is 13.1 Å². The standard InChI is InChI=1S/C18H33N3O/c1-13(2)16-9-21(10-16)18(22)15-5-7-19(8-6-15)17-11-20(12-17)14(3)4/h13-17H,5-12H2,1-4H3. The number of hydrogen-bond donors (Lipinski definition) is 0. The molecule has 0 bridgehead atoms. The van der Waals surface area contributed by atoms with Crippen LogP contribution in [-0.4, -0.2) is 72.0 Å². The van der Waals surface area contributed by atoms with Gasteiger partial charge in [-0.2, -0.15) is 0 Å². The highest BCUT2D eigenvalue weighted by Gasteiger charge is 2.39. The third-order valence-corrected chi connectivity index (χ3v) is 6.18. The number of carbonyl (C=O) groups is 1. The molecule has 4 nitrogen and oxygen atoms in total. The minimum atomic E-state index is 0.297. The quantitative estimate of drug-likeness (QED) is 0.794. The third-order valence-electron chi connectivity index (χ3n) is 6.18. The van der Waals surface area contributed by atoms with Gasteiger partial charge in [0.15, 0.2) is 0 Å². The third kappa shape index (κ3) is 3.18. The molecule has 3 aliphatic heterocycles. The van der Waals surface area contributed by atoms with Gasteiger partial charge in [-0.1, -0.05) is 13.8 Å². The minimum absolute atomic E-state index is 0.297. The van der Waals surface area contributed by atoms with Gasteiger partial charge in [-0.15, -0.1) is 0 Å². The van der Waals surface area contributed by atoms with Gasteiger partial charge in [-0.25, -0.2) is 0 Å². The van der Waals surface area contributed by atoms with Gasteiger partial charge >= 0.3 is 0 Å². The Morgan fingerprint density at radius 3 is 2.05 bits per heavy atom. The number of hydrogen-bond acceptors (Lipinski definition) is 3. The van der Waals surface area contributed by atoms with Crippen molar-refractivity contribution >= 4 is 5.91 Å². The lowest BCUT2D eigenvalue weighted by atomic mass is 9.85. The normalized spacial score (nSPS) is 26.5.